The van der Waals surface area contributed by atoms with Gasteiger partial charge < -0.3 is 18.0 Å². The number of aromatic hydroxyl groups is 1. The van der Waals surface area contributed by atoms with Gasteiger partial charge in [0.25, 0.3) is 0 Å². The Labute approximate surface area is 166 Å². The summed E-state index contributed by atoms with van der Waals surface area (Å²) in [6.07, 6.45) is 7.68. The van der Waals surface area contributed by atoms with Crippen LogP contribution < -0.4 is 10.1 Å². The first-order valence-corrected chi connectivity index (χ1v) is 7.80. The van der Waals surface area contributed by atoms with Gasteiger partial charge in [-0.05, 0) is 24.1 Å². The standard InChI is InChI=1S/C17H27NO3.Ca.2H/c1-3-4-5-6-7-8-9-17(20)18-13-14-10-11-15(19)16(12-14)21-2;;;/h10-12,19H,3-9,13H2,1-2H3,(H,18,20);;;/q;+2;2*-1. The molecule has 122 valence electrons. The first-order valence-electron chi connectivity index (χ1n) is 7.80. The van der Waals surface area contributed by atoms with Crippen molar-refractivity contribution in [3.8, 4) is 11.5 Å². The summed E-state index contributed by atoms with van der Waals surface area (Å²) in [5.41, 5.74) is 0.918. The second-order valence-corrected chi connectivity index (χ2v) is 5.30. The van der Waals surface area contributed by atoms with Crippen molar-refractivity contribution in [1.29, 1.82) is 0 Å². The van der Waals surface area contributed by atoms with Crippen molar-refractivity contribution in [1.82, 2.24) is 5.32 Å². The van der Waals surface area contributed by atoms with Crippen molar-refractivity contribution in [2.75, 3.05) is 7.11 Å². The number of ether oxygens (including phenoxy) is 1. The van der Waals surface area contributed by atoms with Crippen LogP contribution in [0, 0.1) is 0 Å². The van der Waals surface area contributed by atoms with Gasteiger partial charge in [-0.25, -0.2) is 0 Å². The number of phenols is 1. The fourth-order valence-electron chi connectivity index (χ4n) is 2.19. The molecule has 0 aromatic heterocycles. The van der Waals surface area contributed by atoms with Crippen LogP contribution in [0.15, 0.2) is 18.2 Å². The normalized spacial score (nSPS) is 9.91. The number of carbonyl (C=O) groups excluding carboxylic acids is 1. The minimum Gasteiger partial charge on any atom is -1.00 e. The molecule has 2 N–H and O–H groups in total. The van der Waals surface area contributed by atoms with Gasteiger partial charge in [0.2, 0.25) is 5.91 Å². The third kappa shape index (κ3) is 8.86. The van der Waals surface area contributed by atoms with Crippen molar-refractivity contribution in [3.05, 3.63) is 23.8 Å². The molecule has 1 aromatic rings. The summed E-state index contributed by atoms with van der Waals surface area (Å²) < 4.78 is 5.04. The van der Waals surface area contributed by atoms with Crippen LogP contribution in [-0.4, -0.2) is 55.9 Å². The molecule has 0 atom stereocenters. The van der Waals surface area contributed by atoms with Crippen molar-refractivity contribution < 1.29 is 17.5 Å². The molecule has 0 aliphatic rings. The number of amides is 1. The Morgan fingerprint density at radius 2 is 1.91 bits per heavy atom. The van der Waals surface area contributed by atoms with Crippen molar-refractivity contribution in [2.45, 2.75) is 58.4 Å². The summed E-state index contributed by atoms with van der Waals surface area (Å²) in [4.78, 5) is 11.7. The van der Waals surface area contributed by atoms with E-state index in [0.29, 0.717) is 18.7 Å². The smallest absolute Gasteiger partial charge is 1.00 e. The SMILES string of the molecule is CCCCCCCCC(=O)NCc1ccc(O)c(OC)c1.[Ca+2].[H-].[H-]. The summed E-state index contributed by atoms with van der Waals surface area (Å²) in [5, 5.41) is 12.4. The maximum Gasteiger partial charge on any atom is 2.00 e. The van der Waals surface area contributed by atoms with Crippen molar-refractivity contribution in [2.24, 2.45) is 0 Å². The Kier molecular flexibility index (Phi) is 12.8. The zero-order valence-electron chi connectivity index (χ0n) is 15.9. The quantitative estimate of drug-likeness (QED) is 0.507. The molecule has 1 rings (SSSR count). The van der Waals surface area contributed by atoms with E-state index in [2.05, 4.69) is 12.2 Å². The number of unbranched alkanes of at least 4 members (excludes halogenated alkanes) is 5. The molecule has 0 saturated heterocycles. The monoisotopic (exact) mass is 335 g/mol. The van der Waals surface area contributed by atoms with Gasteiger partial charge in [0.05, 0.1) is 7.11 Å². The van der Waals surface area contributed by atoms with Gasteiger partial charge in [-0.1, -0.05) is 45.1 Å². The number of hydrogen-bond acceptors (Lipinski definition) is 3. The number of hydrogen-bond donors (Lipinski definition) is 2. The molecular formula is C17H29CaNO3. The van der Waals surface area contributed by atoms with Crippen LogP contribution in [0.2, 0.25) is 0 Å². The van der Waals surface area contributed by atoms with E-state index in [1.807, 2.05) is 0 Å². The second kappa shape index (κ2) is 13.0. The Hall–Kier alpha value is -0.450. The minimum absolute atomic E-state index is 0. The molecule has 0 bridgehead atoms. The third-order valence-corrected chi connectivity index (χ3v) is 3.49. The van der Waals surface area contributed by atoms with Crippen LogP contribution in [-0.2, 0) is 11.3 Å². The Morgan fingerprint density at radius 3 is 2.59 bits per heavy atom. The zero-order valence-corrected chi connectivity index (χ0v) is 16.1. The predicted octanol–water partition coefficient (Wildman–Crippen LogP) is 3.61. The minimum atomic E-state index is 0. The van der Waals surface area contributed by atoms with Crippen molar-refractivity contribution in [3.63, 3.8) is 0 Å². The van der Waals surface area contributed by atoms with E-state index in [-0.39, 0.29) is 52.2 Å². The van der Waals surface area contributed by atoms with Crippen molar-refractivity contribution >= 4 is 43.6 Å². The topological polar surface area (TPSA) is 58.6 Å². The number of rotatable bonds is 10. The van der Waals surface area contributed by atoms with Gasteiger partial charge >= 0.3 is 37.7 Å². The average molecular weight is 336 g/mol. The van der Waals surface area contributed by atoms with E-state index in [0.717, 1.165) is 18.4 Å². The molecule has 0 unspecified atom stereocenters. The average Bonchev–Trinajstić information content (AvgIpc) is 2.50. The van der Waals surface area contributed by atoms with Crippen LogP contribution in [0.25, 0.3) is 0 Å². The fraction of sp³-hybridized carbons (Fsp3) is 0.588. The molecule has 1 aromatic carbocycles. The summed E-state index contributed by atoms with van der Waals surface area (Å²) in [7, 11) is 1.51. The summed E-state index contributed by atoms with van der Waals surface area (Å²) in [5.74, 6) is 0.620. The van der Waals surface area contributed by atoms with E-state index in [1.54, 1.807) is 18.2 Å². The van der Waals surface area contributed by atoms with Gasteiger partial charge in [0.15, 0.2) is 11.5 Å². The number of carbonyl (C=O) groups is 1. The van der Waals surface area contributed by atoms with Crippen LogP contribution in [0.3, 0.4) is 0 Å². The first-order chi connectivity index (χ1) is 10.2. The van der Waals surface area contributed by atoms with E-state index < -0.39 is 0 Å². The molecule has 0 heterocycles. The van der Waals surface area contributed by atoms with Gasteiger partial charge in [-0.15, -0.1) is 0 Å². The molecule has 0 saturated carbocycles. The zero-order chi connectivity index (χ0) is 15.5. The van der Waals surface area contributed by atoms with E-state index in [9.17, 15) is 9.90 Å². The van der Waals surface area contributed by atoms with Crippen LogP contribution in [0.5, 0.6) is 11.5 Å². The Balaban J connectivity index is -0.00000147. The van der Waals surface area contributed by atoms with Gasteiger partial charge in [0, 0.05) is 13.0 Å². The molecule has 0 spiro atoms. The van der Waals surface area contributed by atoms with Crippen LogP contribution in [0.4, 0.5) is 0 Å². The Morgan fingerprint density at radius 1 is 1.23 bits per heavy atom. The molecule has 0 radical (unpaired) electrons. The fourth-order valence-corrected chi connectivity index (χ4v) is 2.19. The molecular weight excluding hydrogens is 306 g/mol. The molecule has 5 heteroatoms. The van der Waals surface area contributed by atoms with Gasteiger partial charge in [-0.3, -0.25) is 4.79 Å². The number of nitrogens with one attached hydrogen (secondary N) is 1. The maximum absolute atomic E-state index is 11.7. The third-order valence-electron chi connectivity index (χ3n) is 3.49. The molecule has 4 nitrogen and oxygen atoms in total. The molecule has 0 fully saturated rings. The molecule has 0 aliphatic heterocycles. The molecule has 0 aliphatic carbocycles. The van der Waals surface area contributed by atoms with E-state index in [1.165, 1.54) is 32.8 Å². The summed E-state index contributed by atoms with van der Waals surface area (Å²) in [6.45, 7) is 2.66. The largest absolute Gasteiger partial charge is 2.00 e. The van der Waals surface area contributed by atoms with E-state index in [4.69, 9.17) is 4.74 Å². The van der Waals surface area contributed by atoms with Crippen LogP contribution >= 0.6 is 0 Å². The molecule has 22 heavy (non-hydrogen) atoms. The van der Waals surface area contributed by atoms with Gasteiger partial charge in [0.1, 0.15) is 0 Å². The second-order valence-electron chi connectivity index (χ2n) is 5.30. The van der Waals surface area contributed by atoms with Crippen LogP contribution in [0.1, 0.15) is 60.3 Å². The molecule has 1 amide bonds. The summed E-state index contributed by atoms with van der Waals surface area (Å²) in [6, 6.07) is 5.09. The summed E-state index contributed by atoms with van der Waals surface area (Å²) >= 11 is 0. The number of benzene rings is 1. The Bertz CT molecular complexity index is 448. The number of methoxy groups -OCH3 is 1. The van der Waals surface area contributed by atoms with Gasteiger partial charge in [-0.2, -0.15) is 0 Å². The van der Waals surface area contributed by atoms with E-state index >= 15 is 0 Å². The first kappa shape index (κ1) is 21.5. The predicted molar refractivity (Wildman–Crippen MR) is 92.5 cm³/mol. The number of phenolic OH excluding ortho intramolecular Hbond substituents is 1. The maximum atomic E-state index is 11.7.